The van der Waals surface area contributed by atoms with E-state index in [0.29, 0.717) is 13.1 Å². The Morgan fingerprint density at radius 1 is 0.943 bits per heavy atom. The Morgan fingerprint density at radius 2 is 1.54 bits per heavy atom. The molecule has 3 aliphatic carbocycles. The van der Waals surface area contributed by atoms with E-state index in [9.17, 15) is 19.5 Å². The molecule has 1 atom stereocenters. The van der Waals surface area contributed by atoms with Gasteiger partial charge in [0.25, 0.3) is 0 Å². The number of carbonyl (C=O) groups is 3. The number of carboxylic acid groups (broad SMARTS) is 1. The maximum absolute atomic E-state index is 12.9. The molecule has 4 aliphatic rings. The molecule has 1 spiro atoms. The van der Waals surface area contributed by atoms with E-state index in [4.69, 9.17) is 4.74 Å². The van der Waals surface area contributed by atoms with Crippen molar-refractivity contribution in [3.05, 3.63) is 59.7 Å². The number of alkyl carbamates (subject to hydrolysis) is 1. The maximum atomic E-state index is 12.9. The fourth-order valence-electron chi connectivity index (χ4n) is 6.20. The molecular weight excluding hydrogens is 444 g/mol. The summed E-state index contributed by atoms with van der Waals surface area (Å²) in [6.45, 7) is 1.45. The lowest BCUT2D eigenvalue weighted by molar-refractivity contribution is -0.139. The number of ether oxygens (including phenoxy) is 1. The van der Waals surface area contributed by atoms with E-state index in [-0.39, 0.29) is 36.2 Å². The van der Waals surface area contributed by atoms with E-state index in [1.165, 1.54) is 22.3 Å². The van der Waals surface area contributed by atoms with Gasteiger partial charge >= 0.3 is 12.1 Å². The molecule has 1 aliphatic heterocycles. The lowest BCUT2D eigenvalue weighted by atomic mass is 9.90. The normalized spacial score (nSPS) is 22.7. The number of carboxylic acids is 1. The first kappa shape index (κ1) is 22.1. The molecule has 0 bridgehead atoms. The number of likely N-dealkylation sites (tertiary alicyclic amines) is 1. The minimum atomic E-state index is -0.714. The molecule has 6 rings (SSSR count). The highest BCUT2D eigenvalue weighted by Crippen LogP contribution is 2.59. The summed E-state index contributed by atoms with van der Waals surface area (Å²) < 4.78 is 5.68. The Hall–Kier alpha value is -3.35. The first-order chi connectivity index (χ1) is 16.9. The highest BCUT2D eigenvalue weighted by molar-refractivity contribution is 5.81. The van der Waals surface area contributed by atoms with Crippen LogP contribution in [-0.4, -0.2) is 53.2 Å². The van der Waals surface area contributed by atoms with Crippen molar-refractivity contribution in [2.45, 2.75) is 50.0 Å². The van der Waals surface area contributed by atoms with Crippen LogP contribution in [0.4, 0.5) is 4.79 Å². The average Bonchev–Trinajstić information content (AvgIpc) is 3.75. The van der Waals surface area contributed by atoms with Crippen LogP contribution < -0.4 is 5.32 Å². The number of carbonyl (C=O) groups excluding carboxylic acids is 2. The van der Waals surface area contributed by atoms with Crippen LogP contribution in [0.3, 0.4) is 0 Å². The van der Waals surface area contributed by atoms with Gasteiger partial charge in [-0.3, -0.25) is 9.59 Å². The number of benzene rings is 2. The number of fused-ring (bicyclic) bond motifs is 3. The summed E-state index contributed by atoms with van der Waals surface area (Å²) in [6, 6.07) is 16.5. The quantitative estimate of drug-likeness (QED) is 0.655. The van der Waals surface area contributed by atoms with Gasteiger partial charge in [0.05, 0.1) is 17.9 Å². The van der Waals surface area contributed by atoms with Crippen molar-refractivity contribution in [1.82, 2.24) is 10.2 Å². The standard InChI is InChI=1S/C28H30N2O5/c31-24(30-13-11-27(12-14-30)15-23(27)25(32)33)16-28(9-10-28)29-26(34)35-17-22-20-7-3-1-5-18(20)19-6-2-4-8-21(19)22/h1-8,22-23H,9-17H2,(H,29,34)(H,32,33). The molecule has 7 nitrogen and oxygen atoms in total. The Bertz CT molecular complexity index is 1150. The molecule has 3 fully saturated rings. The monoisotopic (exact) mass is 474 g/mol. The minimum absolute atomic E-state index is 0.00246. The van der Waals surface area contributed by atoms with Crippen LogP contribution in [0.2, 0.25) is 0 Å². The molecule has 2 saturated carbocycles. The number of aliphatic carboxylic acids is 1. The fraction of sp³-hybridized carbons (Fsp3) is 0.464. The zero-order valence-corrected chi connectivity index (χ0v) is 19.7. The van der Waals surface area contributed by atoms with Crippen LogP contribution in [0, 0.1) is 11.3 Å². The lowest BCUT2D eigenvalue weighted by Gasteiger charge is -2.33. The van der Waals surface area contributed by atoms with Gasteiger partial charge in [0, 0.05) is 19.0 Å². The van der Waals surface area contributed by atoms with E-state index >= 15 is 0 Å². The predicted molar refractivity (Wildman–Crippen MR) is 129 cm³/mol. The van der Waals surface area contributed by atoms with E-state index in [1.54, 1.807) is 0 Å². The van der Waals surface area contributed by atoms with Gasteiger partial charge in [-0.15, -0.1) is 0 Å². The summed E-state index contributed by atoms with van der Waals surface area (Å²) in [5.74, 6) is -0.926. The molecule has 7 heteroatoms. The van der Waals surface area contributed by atoms with E-state index in [2.05, 4.69) is 29.6 Å². The summed E-state index contributed by atoms with van der Waals surface area (Å²) in [5, 5.41) is 12.2. The highest BCUT2D eigenvalue weighted by Gasteiger charge is 2.59. The van der Waals surface area contributed by atoms with E-state index in [0.717, 1.165) is 32.1 Å². The Kier molecular flexibility index (Phi) is 5.13. The van der Waals surface area contributed by atoms with Gasteiger partial charge in [0.15, 0.2) is 0 Å². The molecule has 1 unspecified atom stereocenters. The third-order valence-corrected chi connectivity index (χ3v) is 8.65. The number of hydrogen-bond acceptors (Lipinski definition) is 4. The molecule has 0 radical (unpaired) electrons. The van der Waals surface area contributed by atoms with Crippen molar-refractivity contribution in [2.24, 2.45) is 11.3 Å². The van der Waals surface area contributed by atoms with Gasteiger partial charge in [0.1, 0.15) is 6.61 Å². The summed E-state index contributed by atoms with van der Waals surface area (Å²) >= 11 is 0. The number of nitrogens with zero attached hydrogens (tertiary/aromatic N) is 1. The molecule has 2 amide bonds. The van der Waals surface area contributed by atoms with E-state index < -0.39 is 17.6 Å². The van der Waals surface area contributed by atoms with Crippen molar-refractivity contribution >= 4 is 18.0 Å². The molecule has 1 heterocycles. The molecule has 1 saturated heterocycles. The number of amides is 2. The number of piperidine rings is 1. The molecule has 0 aromatic heterocycles. The van der Waals surface area contributed by atoms with Crippen LogP contribution in [0.5, 0.6) is 0 Å². The van der Waals surface area contributed by atoms with E-state index in [1.807, 2.05) is 29.2 Å². The largest absolute Gasteiger partial charge is 0.481 e. The second kappa shape index (κ2) is 8.11. The number of nitrogens with one attached hydrogen (secondary N) is 1. The van der Waals surface area contributed by atoms with Gasteiger partial charge in [-0.1, -0.05) is 48.5 Å². The Balaban J connectivity index is 1.02. The topological polar surface area (TPSA) is 95.9 Å². The zero-order valence-electron chi connectivity index (χ0n) is 19.7. The maximum Gasteiger partial charge on any atom is 0.407 e. The first-order valence-electron chi connectivity index (χ1n) is 12.5. The first-order valence-corrected chi connectivity index (χ1v) is 12.5. The van der Waals surface area contributed by atoms with Crippen molar-refractivity contribution in [3.8, 4) is 11.1 Å². The molecule has 35 heavy (non-hydrogen) atoms. The summed E-state index contributed by atoms with van der Waals surface area (Å²) in [4.78, 5) is 38.8. The summed E-state index contributed by atoms with van der Waals surface area (Å²) in [6.07, 6.45) is 3.57. The Labute approximate surface area is 204 Å². The molecule has 2 aromatic carbocycles. The van der Waals surface area contributed by atoms with Crippen LogP contribution >= 0.6 is 0 Å². The van der Waals surface area contributed by atoms with Crippen LogP contribution in [0.1, 0.15) is 55.6 Å². The fourth-order valence-corrected chi connectivity index (χ4v) is 6.20. The zero-order chi connectivity index (χ0) is 24.2. The molecule has 182 valence electrons. The van der Waals surface area contributed by atoms with Gasteiger partial charge in [0.2, 0.25) is 5.91 Å². The van der Waals surface area contributed by atoms with Crippen LogP contribution in [-0.2, 0) is 14.3 Å². The smallest absolute Gasteiger partial charge is 0.407 e. The second-order valence-electron chi connectivity index (χ2n) is 10.7. The van der Waals surface area contributed by atoms with Gasteiger partial charge < -0.3 is 20.1 Å². The van der Waals surface area contributed by atoms with Crippen LogP contribution in [0.25, 0.3) is 11.1 Å². The number of rotatable bonds is 6. The SMILES string of the molecule is O=C(NC1(CC(=O)N2CCC3(CC2)CC3C(=O)O)CC1)OCC1c2ccccc2-c2ccccc21. The minimum Gasteiger partial charge on any atom is -0.481 e. The summed E-state index contributed by atoms with van der Waals surface area (Å²) in [5.41, 5.74) is 4.09. The third-order valence-electron chi connectivity index (χ3n) is 8.65. The second-order valence-corrected chi connectivity index (χ2v) is 10.7. The van der Waals surface area contributed by atoms with Crippen LogP contribution in [0.15, 0.2) is 48.5 Å². The van der Waals surface area contributed by atoms with Crippen molar-refractivity contribution in [1.29, 1.82) is 0 Å². The third kappa shape index (κ3) is 3.97. The molecule has 2 N–H and O–H groups in total. The lowest BCUT2D eigenvalue weighted by Crippen LogP contribution is -2.45. The van der Waals surface area contributed by atoms with Crippen molar-refractivity contribution < 1.29 is 24.2 Å². The average molecular weight is 475 g/mol. The number of hydrogen-bond donors (Lipinski definition) is 2. The van der Waals surface area contributed by atoms with Crippen molar-refractivity contribution in [3.63, 3.8) is 0 Å². The predicted octanol–water partition coefficient (Wildman–Crippen LogP) is 4.16. The molecule has 2 aromatic rings. The molecular formula is C28H30N2O5. The van der Waals surface area contributed by atoms with Gasteiger partial charge in [-0.25, -0.2) is 4.79 Å². The summed E-state index contributed by atoms with van der Waals surface area (Å²) in [7, 11) is 0. The highest BCUT2D eigenvalue weighted by atomic mass is 16.5. The Morgan fingerprint density at radius 3 is 2.09 bits per heavy atom. The van der Waals surface area contributed by atoms with Gasteiger partial charge in [-0.05, 0) is 59.8 Å². The van der Waals surface area contributed by atoms with Crippen molar-refractivity contribution in [2.75, 3.05) is 19.7 Å². The van der Waals surface area contributed by atoms with Gasteiger partial charge in [-0.2, -0.15) is 0 Å².